The van der Waals surface area contributed by atoms with E-state index in [9.17, 15) is 30.3 Å². The first kappa shape index (κ1) is 26.2. The molecule has 6 nitrogen and oxygen atoms in total. The van der Waals surface area contributed by atoms with Gasteiger partial charge >= 0.3 is 11.9 Å². The lowest BCUT2D eigenvalue weighted by Crippen LogP contribution is -2.38. The first-order valence-electron chi connectivity index (χ1n) is 10.5. The highest BCUT2D eigenvalue weighted by Crippen LogP contribution is 2.38. The van der Waals surface area contributed by atoms with E-state index >= 15 is 0 Å². The molecule has 0 aliphatic rings. The Morgan fingerprint density at radius 2 is 1.12 bits per heavy atom. The van der Waals surface area contributed by atoms with Crippen LogP contribution < -0.4 is 0 Å². The number of aliphatic carboxylic acids is 2. The molecule has 1 aromatic rings. The van der Waals surface area contributed by atoms with Crippen LogP contribution in [0.2, 0.25) is 0 Å². The Morgan fingerprint density at radius 3 is 1.31 bits per heavy atom. The number of hydrogen-bond acceptors (Lipinski definition) is 4. The van der Waals surface area contributed by atoms with Crippen molar-refractivity contribution in [2.75, 3.05) is 0 Å². The molecule has 0 aliphatic heterocycles. The zero-order valence-corrected chi connectivity index (χ0v) is 18.6. The fourth-order valence-electron chi connectivity index (χ4n) is 3.71. The highest BCUT2D eigenvalue weighted by Gasteiger charge is 2.47. The monoisotopic (exact) mass is 432 g/mol. The molecule has 0 fully saturated rings. The van der Waals surface area contributed by atoms with Crippen LogP contribution in [0.25, 0.3) is 0 Å². The zero-order valence-electron chi connectivity index (χ0n) is 18.6. The van der Waals surface area contributed by atoms with Crippen molar-refractivity contribution in [3.8, 4) is 12.1 Å². The Morgan fingerprint density at radius 1 is 0.812 bits per heavy atom. The van der Waals surface area contributed by atoms with Gasteiger partial charge in [-0.15, -0.1) is 11.5 Å². The molecule has 0 heterocycles. The maximum atomic E-state index is 12.3. The van der Waals surface area contributed by atoms with Crippen molar-refractivity contribution in [3.63, 3.8) is 0 Å². The normalized spacial score (nSPS) is 13.8. The third-order valence-electron chi connectivity index (χ3n) is 5.62. The van der Waals surface area contributed by atoms with Crippen LogP contribution in [0.4, 0.5) is 0 Å². The number of unbranched alkanes of at least 4 members (excludes halogenated alkanes) is 2. The maximum absolute atomic E-state index is 12.3. The second-order valence-electron chi connectivity index (χ2n) is 7.43. The first-order valence-corrected chi connectivity index (χ1v) is 10.5. The average molecular weight is 433 g/mol. The molecule has 0 aliphatic carbocycles. The zero-order chi connectivity index (χ0) is 24.4. The summed E-state index contributed by atoms with van der Waals surface area (Å²) in [5.41, 5.74) is 2.01. The summed E-state index contributed by atoms with van der Waals surface area (Å²) in [4.78, 5) is 24.5. The van der Waals surface area contributed by atoms with Gasteiger partial charge in [-0.25, -0.2) is 9.59 Å². The molecule has 0 radical (unpaired) electrons. The summed E-state index contributed by atoms with van der Waals surface area (Å²) in [5, 5.41) is 39.8. The van der Waals surface area contributed by atoms with Gasteiger partial charge in [0, 0.05) is 11.1 Å². The molecule has 0 aromatic heterocycles. The van der Waals surface area contributed by atoms with Crippen molar-refractivity contribution in [1.82, 2.24) is 0 Å². The van der Waals surface area contributed by atoms with Crippen LogP contribution >= 0.6 is 0 Å². The average Bonchev–Trinajstić information content (AvgIpc) is 2.79. The van der Waals surface area contributed by atoms with E-state index in [1.165, 1.54) is 24.3 Å². The summed E-state index contributed by atoms with van der Waals surface area (Å²) >= 11 is 0. The molecule has 0 bridgehead atoms. The van der Waals surface area contributed by atoms with Gasteiger partial charge in [-0.05, 0) is 36.8 Å². The van der Waals surface area contributed by atoms with Crippen LogP contribution in [-0.2, 0) is 20.4 Å². The summed E-state index contributed by atoms with van der Waals surface area (Å²) in [6.45, 7) is 11.0. The lowest BCUT2D eigenvalue weighted by Gasteiger charge is -2.27. The van der Waals surface area contributed by atoms with Crippen molar-refractivity contribution in [2.45, 2.75) is 63.2 Å². The highest BCUT2D eigenvalue weighted by atomic mass is 16.4. The van der Waals surface area contributed by atoms with E-state index < -0.39 is 22.8 Å². The van der Waals surface area contributed by atoms with Crippen LogP contribution in [-0.4, -0.2) is 22.2 Å². The Bertz CT molecular complexity index is 960. The lowest BCUT2D eigenvalue weighted by atomic mass is 9.70. The molecule has 32 heavy (non-hydrogen) atoms. The minimum absolute atomic E-state index is 0.147. The van der Waals surface area contributed by atoms with E-state index in [0.717, 1.165) is 12.8 Å². The molecule has 0 saturated heterocycles. The van der Waals surface area contributed by atoms with Gasteiger partial charge in [-0.3, -0.25) is 0 Å². The number of nitriles is 2. The van der Waals surface area contributed by atoms with Gasteiger partial charge in [0.2, 0.25) is 10.8 Å². The van der Waals surface area contributed by atoms with E-state index in [2.05, 4.69) is 24.6 Å². The Balaban J connectivity index is 3.72. The largest absolute Gasteiger partial charge is 0.480 e. The van der Waals surface area contributed by atoms with Crippen molar-refractivity contribution >= 4 is 11.9 Å². The Hall–Kier alpha value is -3.82. The van der Waals surface area contributed by atoms with Gasteiger partial charge in [0.05, 0.1) is 12.1 Å². The van der Waals surface area contributed by atoms with Gasteiger partial charge in [-0.2, -0.15) is 10.5 Å². The molecule has 0 spiro atoms. The number of rotatable bonds is 12. The van der Waals surface area contributed by atoms with Gasteiger partial charge in [0.25, 0.3) is 0 Å². The minimum Gasteiger partial charge on any atom is -0.480 e. The molecule has 1 aromatic carbocycles. The number of nitrogens with zero attached hydrogens (tertiary/aromatic N) is 2. The van der Waals surface area contributed by atoms with E-state index in [-0.39, 0.29) is 22.3 Å². The Kier molecular flexibility index (Phi) is 9.45. The molecule has 6 heteroatoms. The molecule has 1 rings (SSSR count). The van der Waals surface area contributed by atoms with Crippen LogP contribution in [0.1, 0.15) is 63.5 Å². The molecule has 166 valence electrons. The van der Waals surface area contributed by atoms with E-state index in [1.807, 2.05) is 26.0 Å². The highest BCUT2D eigenvalue weighted by molar-refractivity contribution is 5.91. The second-order valence-corrected chi connectivity index (χ2v) is 7.43. The lowest BCUT2D eigenvalue weighted by molar-refractivity contribution is -0.141. The number of carboxylic acid groups (broad SMARTS) is 2. The molecular weight excluding hydrogens is 404 g/mol. The number of hydrogen-bond donors (Lipinski definition) is 2. The standard InChI is InChI=1S/C26H28N2O4/c1-5-9-11-19(7-3)25(17-27,23(29)30)21-13-15-22(16-14-21)26(18-28,24(31)32)20(8-4)12-10-6-2/h13-16H,3-6,9-12H2,1-2H3,(H,29,30)(H,31,32). The summed E-state index contributed by atoms with van der Waals surface area (Å²) in [6.07, 6.45) is 3.58. The molecule has 2 atom stereocenters. The van der Waals surface area contributed by atoms with Crippen molar-refractivity contribution in [2.24, 2.45) is 0 Å². The van der Waals surface area contributed by atoms with Gasteiger partial charge in [0.1, 0.15) is 0 Å². The Labute approximate surface area is 189 Å². The summed E-state index contributed by atoms with van der Waals surface area (Å²) in [7, 11) is 0. The van der Waals surface area contributed by atoms with Crippen molar-refractivity contribution in [3.05, 3.63) is 71.2 Å². The summed E-state index contributed by atoms with van der Waals surface area (Å²) in [5.74, 6) is -2.73. The minimum atomic E-state index is -2.01. The van der Waals surface area contributed by atoms with Crippen molar-refractivity contribution in [1.29, 1.82) is 10.5 Å². The fourth-order valence-corrected chi connectivity index (χ4v) is 3.71. The smallest absolute Gasteiger partial charge is 0.333 e. The SMILES string of the molecule is C=C=C(CCCC)C(C#N)(C(=O)O)c1ccc(C(C#N)(C(=O)O)C(=C=C)CCCC)cc1. The predicted octanol–water partition coefficient (Wildman–Crippen LogP) is 5.18. The van der Waals surface area contributed by atoms with Crippen LogP contribution in [0.5, 0.6) is 0 Å². The van der Waals surface area contributed by atoms with Gasteiger partial charge in [0.15, 0.2) is 0 Å². The third kappa shape index (κ3) is 4.58. The molecule has 0 amide bonds. The molecule has 2 N–H and O–H groups in total. The number of carbonyl (C=O) groups is 2. The number of carboxylic acids is 2. The molecule has 0 saturated carbocycles. The van der Waals surface area contributed by atoms with Crippen LogP contribution in [0.15, 0.2) is 60.0 Å². The van der Waals surface area contributed by atoms with Gasteiger partial charge in [-0.1, -0.05) is 64.1 Å². The van der Waals surface area contributed by atoms with E-state index in [4.69, 9.17) is 0 Å². The quantitative estimate of drug-likeness (QED) is 0.439. The van der Waals surface area contributed by atoms with Crippen molar-refractivity contribution < 1.29 is 19.8 Å². The summed E-state index contributed by atoms with van der Waals surface area (Å²) in [6, 6.07) is 9.32. The van der Waals surface area contributed by atoms with Crippen LogP contribution in [0, 0.1) is 22.7 Å². The fraction of sp³-hybridized carbons (Fsp3) is 0.385. The topological polar surface area (TPSA) is 122 Å². The first-order chi connectivity index (χ1) is 15.3. The molecular formula is C26H28N2O4. The molecule has 2 unspecified atom stereocenters. The van der Waals surface area contributed by atoms with Crippen LogP contribution in [0.3, 0.4) is 0 Å². The summed E-state index contributed by atoms with van der Waals surface area (Å²) < 4.78 is 0. The maximum Gasteiger partial charge on any atom is 0.333 e. The van der Waals surface area contributed by atoms with E-state index in [0.29, 0.717) is 25.7 Å². The van der Waals surface area contributed by atoms with Gasteiger partial charge < -0.3 is 10.2 Å². The third-order valence-corrected chi connectivity index (χ3v) is 5.62. The second kappa shape index (κ2) is 11.5. The predicted molar refractivity (Wildman–Crippen MR) is 121 cm³/mol. The van der Waals surface area contributed by atoms with E-state index in [1.54, 1.807) is 0 Å². The number of benzene rings is 1.